The first-order chi connectivity index (χ1) is 7.84. The molecule has 0 radical (unpaired) electrons. The number of nitrogens with two attached hydrogens (primary N) is 1. The molecule has 0 unspecified atom stereocenters. The molecule has 0 bridgehead atoms. The van der Waals surface area contributed by atoms with E-state index in [1.54, 1.807) is 0 Å². The SMILES string of the molecule is CC#CC(=O)Nc1cc(S(N)(=O)=O)ccc1F. The number of benzene rings is 1. The molecule has 0 saturated heterocycles. The molecule has 0 spiro atoms. The Morgan fingerprint density at radius 2 is 2.12 bits per heavy atom. The quantitative estimate of drug-likeness (QED) is 0.752. The second-order valence-electron chi connectivity index (χ2n) is 3.02. The van der Waals surface area contributed by atoms with Crippen molar-refractivity contribution in [3.63, 3.8) is 0 Å². The standard InChI is InChI=1S/C10H9FN2O3S/c1-2-3-10(14)13-9-6-7(17(12,15)16)4-5-8(9)11/h4-6H,1H3,(H,13,14)(H2,12,15,16). The van der Waals surface area contributed by atoms with Gasteiger partial charge in [-0.3, -0.25) is 4.79 Å². The van der Waals surface area contributed by atoms with E-state index in [1.165, 1.54) is 6.92 Å². The van der Waals surface area contributed by atoms with Crippen LogP contribution in [0.5, 0.6) is 0 Å². The first-order valence-electron chi connectivity index (χ1n) is 4.40. The highest BCUT2D eigenvalue weighted by Gasteiger charge is 2.12. The van der Waals surface area contributed by atoms with E-state index < -0.39 is 21.7 Å². The Bertz CT molecular complexity index is 614. The Morgan fingerprint density at radius 3 is 2.65 bits per heavy atom. The number of amides is 1. The number of halogens is 1. The normalized spacial score (nSPS) is 10.3. The smallest absolute Gasteiger partial charge is 0.300 e. The Morgan fingerprint density at radius 1 is 1.47 bits per heavy atom. The summed E-state index contributed by atoms with van der Waals surface area (Å²) in [6.07, 6.45) is 0. The van der Waals surface area contributed by atoms with Gasteiger partial charge in [-0.15, -0.1) is 0 Å². The predicted octanol–water partition coefficient (Wildman–Crippen LogP) is 0.435. The lowest BCUT2D eigenvalue weighted by Crippen LogP contribution is -2.14. The summed E-state index contributed by atoms with van der Waals surface area (Å²) in [7, 11) is -3.94. The molecular weight excluding hydrogens is 247 g/mol. The summed E-state index contributed by atoms with van der Waals surface area (Å²) in [5.74, 6) is 2.94. The van der Waals surface area contributed by atoms with E-state index >= 15 is 0 Å². The van der Waals surface area contributed by atoms with Gasteiger partial charge in [0.25, 0.3) is 5.91 Å². The van der Waals surface area contributed by atoms with Crippen LogP contribution in [-0.4, -0.2) is 14.3 Å². The number of nitrogens with one attached hydrogen (secondary N) is 1. The molecule has 0 heterocycles. The van der Waals surface area contributed by atoms with Gasteiger partial charge in [-0.05, 0) is 31.0 Å². The maximum absolute atomic E-state index is 13.3. The minimum atomic E-state index is -3.94. The van der Waals surface area contributed by atoms with Crippen LogP contribution in [0.1, 0.15) is 6.92 Å². The van der Waals surface area contributed by atoms with Crippen LogP contribution in [-0.2, 0) is 14.8 Å². The van der Waals surface area contributed by atoms with Gasteiger partial charge in [-0.1, -0.05) is 5.92 Å². The van der Waals surface area contributed by atoms with Gasteiger partial charge in [0.1, 0.15) is 5.82 Å². The van der Waals surface area contributed by atoms with Gasteiger partial charge in [0.2, 0.25) is 10.0 Å². The fraction of sp³-hybridized carbons (Fsp3) is 0.100. The van der Waals surface area contributed by atoms with E-state index in [2.05, 4.69) is 17.2 Å². The first-order valence-corrected chi connectivity index (χ1v) is 5.95. The fourth-order valence-corrected chi connectivity index (χ4v) is 1.58. The predicted molar refractivity (Wildman–Crippen MR) is 59.9 cm³/mol. The number of carbonyl (C=O) groups is 1. The second kappa shape index (κ2) is 4.95. The Balaban J connectivity index is 3.15. The van der Waals surface area contributed by atoms with Crippen LogP contribution < -0.4 is 10.5 Å². The first kappa shape index (κ1) is 13.2. The molecule has 0 saturated carbocycles. The molecule has 0 aliphatic rings. The number of primary sulfonamides is 1. The van der Waals surface area contributed by atoms with Crippen molar-refractivity contribution < 1.29 is 17.6 Å². The van der Waals surface area contributed by atoms with Crippen LogP contribution in [0.25, 0.3) is 0 Å². The number of hydrogen-bond donors (Lipinski definition) is 2. The van der Waals surface area contributed by atoms with Gasteiger partial charge in [-0.2, -0.15) is 0 Å². The minimum absolute atomic E-state index is 0.288. The van der Waals surface area contributed by atoms with Crippen molar-refractivity contribution in [1.82, 2.24) is 0 Å². The number of anilines is 1. The van der Waals surface area contributed by atoms with Gasteiger partial charge < -0.3 is 5.32 Å². The van der Waals surface area contributed by atoms with Crippen LogP contribution in [0.15, 0.2) is 23.1 Å². The van der Waals surface area contributed by atoms with Crippen LogP contribution >= 0.6 is 0 Å². The van der Waals surface area contributed by atoms with Crippen LogP contribution in [0, 0.1) is 17.7 Å². The Hall–Kier alpha value is -1.91. The van der Waals surface area contributed by atoms with Crippen LogP contribution in [0.2, 0.25) is 0 Å². The summed E-state index contributed by atoms with van der Waals surface area (Å²) in [6, 6.07) is 2.83. The largest absolute Gasteiger partial charge is 0.313 e. The lowest BCUT2D eigenvalue weighted by atomic mass is 10.3. The number of carbonyl (C=O) groups excluding carboxylic acids is 1. The summed E-state index contributed by atoms with van der Waals surface area (Å²) < 4.78 is 35.3. The minimum Gasteiger partial charge on any atom is -0.313 e. The molecule has 1 aromatic carbocycles. The molecule has 7 heteroatoms. The van der Waals surface area contributed by atoms with Crippen molar-refractivity contribution in [3.05, 3.63) is 24.0 Å². The van der Waals surface area contributed by atoms with E-state index in [9.17, 15) is 17.6 Å². The summed E-state index contributed by atoms with van der Waals surface area (Å²) in [5, 5.41) is 6.99. The third-order valence-electron chi connectivity index (χ3n) is 1.75. The molecule has 0 atom stereocenters. The van der Waals surface area contributed by atoms with Crippen molar-refractivity contribution in [2.75, 3.05) is 5.32 Å². The van der Waals surface area contributed by atoms with Crippen molar-refractivity contribution in [2.45, 2.75) is 11.8 Å². The van der Waals surface area contributed by atoms with Crippen molar-refractivity contribution in [3.8, 4) is 11.8 Å². The highest BCUT2D eigenvalue weighted by atomic mass is 32.2. The zero-order chi connectivity index (χ0) is 13.1. The number of sulfonamides is 1. The van der Waals surface area contributed by atoms with Gasteiger partial charge in [0.05, 0.1) is 10.6 Å². The average Bonchev–Trinajstić information content (AvgIpc) is 2.20. The maximum atomic E-state index is 13.3. The van der Waals surface area contributed by atoms with E-state index in [1.807, 2.05) is 0 Å². The van der Waals surface area contributed by atoms with Crippen LogP contribution in [0.4, 0.5) is 10.1 Å². The van der Waals surface area contributed by atoms with Gasteiger partial charge in [0, 0.05) is 0 Å². The molecule has 0 fully saturated rings. The van der Waals surface area contributed by atoms with E-state index in [-0.39, 0.29) is 10.6 Å². The zero-order valence-electron chi connectivity index (χ0n) is 8.82. The third-order valence-corrected chi connectivity index (χ3v) is 2.66. The van der Waals surface area contributed by atoms with Crippen molar-refractivity contribution >= 4 is 21.6 Å². The summed E-state index contributed by atoms with van der Waals surface area (Å²) in [5.41, 5.74) is -0.288. The number of rotatable bonds is 2. The third kappa shape index (κ3) is 3.55. The van der Waals surface area contributed by atoms with E-state index in [0.29, 0.717) is 0 Å². The highest BCUT2D eigenvalue weighted by molar-refractivity contribution is 7.89. The molecular formula is C10H9FN2O3S. The molecule has 90 valence electrons. The van der Waals surface area contributed by atoms with Gasteiger partial charge in [-0.25, -0.2) is 17.9 Å². The second-order valence-corrected chi connectivity index (χ2v) is 4.58. The molecule has 5 nitrogen and oxygen atoms in total. The molecule has 1 rings (SSSR count). The molecule has 1 aromatic rings. The molecule has 3 N–H and O–H groups in total. The molecule has 1 amide bonds. The maximum Gasteiger partial charge on any atom is 0.300 e. The van der Waals surface area contributed by atoms with Crippen molar-refractivity contribution in [1.29, 1.82) is 0 Å². The Labute approximate surface area is 97.9 Å². The van der Waals surface area contributed by atoms with E-state index in [4.69, 9.17) is 5.14 Å². The van der Waals surface area contributed by atoms with Gasteiger partial charge in [0.15, 0.2) is 0 Å². The molecule has 0 aliphatic carbocycles. The topological polar surface area (TPSA) is 89.3 Å². The fourth-order valence-electron chi connectivity index (χ4n) is 1.04. The monoisotopic (exact) mass is 256 g/mol. The summed E-state index contributed by atoms with van der Waals surface area (Å²) >= 11 is 0. The van der Waals surface area contributed by atoms with Gasteiger partial charge >= 0.3 is 0 Å². The summed E-state index contributed by atoms with van der Waals surface area (Å²) in [6.45, 7) is 1.44. The summed E-state index contributed by atoms with van der Waals surface area (Å²) in [4.78, 5) is 10.8. The van der Waals surface area contributed by atoms with Crippen molar-refractivity contribution in [2.24, 2.45) is 5.14 Å². The van der Waals surface area contributed by atoms with Crippen LogP contribution in [0.3, 0.4) is 0 Å². The van der Waals surface area contributed by atoms with E-state index in [0.717, 1.165) is 18.2 Å². The highest BCUT2D eigenvalue weighted by Crippen LogP contribution is 2.18. The molecule has 0 aliphatic heterocycles. The molecule has 0 aromatic heterocycles. The average molecular weight is 256 g/mol. The lowest BCUT2D eigenvalue weighted by molar-refractivity contribution is -0.111. The Kier molecular flexibility index (Phi) is 3.83. The zero-order valence-corrected chi connectivity index (χ0v) is 9.64. The number of hydrogen-bond acceptors (Lipinski definition) is 3. The molecule has 17 heavy (non-hydrogen) atoms. The lowest BCUT2D eigenvalue weighted by Gasteiger charge is -2.05.